The summed E-state index contributed by atoms with van der Waals surface area (Å²) in [6.07, 6.45) is 1.77. The number of nitrogens with zero attached hydrogens (tertiary/aromatic N) is 1. The molecule has 0 aliphatic rings. The molecule has 0 bridgehead atoms. The Labute approximate surface area is 111 Å². The summed E-state index contributed by atoms with van der Waals surface area (Å²) in [7, 11) is 0. The maximum absolute atomic E-state index is 6.15. The van der Waals surface area contributed by atoms with Crippen molar-refractivity contribution >= 4 is 33.1 Å². The van der Waals surface area contributed by atoms with E-state index >= 15 is 0 Å². The van der Waals surface area contributed by atoms with Gasteiger partial charge in [0.1, 0.15) is 5.15 Å². The van der Waals surface area contributed by atoms with Gasteiger partial charge in [-0.05, 0) is 33.7 Å². The van der Waals surface area contributed by atoms with E-state index in [1.54, 1.807) is 6.20 Å². The molecule has 0 amide bonds. The van der Waals surface area contributed by atoms with Gasteiger partial charge in [-0.1, -0.05) is 55.8 Å². The van der Waals surface area contributed by atoms with Gasteiger partial charge in [-0.3, -0.25) is 0 Å². The Kier molecular flexibility index (Phi) is 2.71. The topological polar surface area (TPSA) is 12.9 Å². The van der Waals surface area contributed by atoms with E-state index in [-0.39, 0.29) is 0 Å². The summed E-state index contributed by atoms with van der Waals surface area (Å²) in [5.74, 6) is 0.517. The molecule has 3 rings (SSSR count). The van der Waals surface area contributed by atoms with E-state index in [0.29, 0.717) is 11.1 Å². The van der Waals surface area contributed by atoms with Crippen molar-refractivity contribution in [3.05, 3.63) is 53.3 Å². The maximum Gasteiger partial charge on any atom is 0.136 e. The molecular formula is C16H14ClN. The standard InChI is InChI=1S/C16H14ClN/c1-10(2)11-4-3-5-12-13(11)6-7-15-14(12)8-9-18-16(15)17/h3-10H,1-2H3. The first-order valence-electron chi connectivity index (χ1n) is 6.14. The first-order valence-corrected chi connectivity index (χ1v) is 6.52. The Morgan fingerprint density at radius 3 is 2.39 bits per heavy atom. The molecule has 3 aromatic rings. The smallest absolute Gasteiger partial charge is 0.136 e. The predicted octanol–water partition coefficient (Wildman–Crippen LogP) is 5.16. The highest BCUT2D eigenvalue weighted by Crippen LogP contribution is 2.32. The van der Waals surface area contributed by atoms with Crippen LogP contribution in [0, 0.1) is 0 Å². The molecule has 90 valence electrons. The molecule has 0 saturated heterocycles. The van der Waals surface area contributed by atoms with Crippen LogP contribution in [-0.4, -0.2) is 4.98 Å². The van der Waals surface area contributed by atoms with Gasteiger partial charge in [-0.15, -0.1) is 0 Å². The minimum Gasteiger partial charge on any atom is -0.244 e. The van der Waals surface area contributed by atoms with E-state index in [2.05, 4.69) is 49.2 Å². The van der Waals surface area contributed by atoms with Crippen molar-refractivity contribution in [3.63, 3.8) is 0 Å². The number of halogens is 1. The zero-order valence-electron chi connectivity index (χ0n) is 10.4. The zero-order valence-corrected chi connectivity index (χ0v) is 11.2. The summed E-state index contributed by atoms with van der Waals surface area (Å²) < 4.78 is 0. The summed E-state index contributed by atoms with van der Waals surface area (Å²) >= 11 is 6.15. The van der Waals surface area contributed by atoms with Crippen LogP contribution in [0.1, 0.15) is 25.3 Å². The molecule has 0 fully saturated rings. The van der Waals surface area contributed by atoms with E-state index in [0.717, 1.165) is 5.39 Å². The van der Waals surface area contributed by atoms with Gasteiger partial charge in [0, 0.05) is 11.6 Å². The predicted molar refractivity (Wildman–Crippen MR) is 78.3 cm³/mol. The fourth-order valence-electron chi connectivity index (χ4n) is 2.52. The number of hydrogen-bond acceptors (Lipinski definition) is 1. The molecule has 0 aliphatic heterocycles. The first kappa shape index (κ1) is 11.5. The van der Waals surface area contributed by atoms with Crippen molar-refractivity contribution in [2.75, 3.05) is 0 Å². The largest absolute Gasteiger partial charge is 0.244 e. The Morgan fingerprint density at radius 2 is 1.61 bits per heavy atom. The van der Waals surface area contributed by atoms with Crippen LogP contribution < -0.4 is 0 Å². The number of benzene rings is 2. The normalized spacial score (nSPS) is 11.6. The lowest BCUT2D eigenvalue weighted by Crippen LogP contribution is -1.90. The van der Waals surface area contributed by atoms with Crippen LogP contribution in [0.4, 0.5) is 0 Å². The third kappa shape index (κ3) is 1.67. The first-order chi connectivity index (χ1) is 8.68. The summed E-state index contributed by atoms with van der Waals surface area (Å²) in [6.45, 7) is 4.44. The number of hydrogen-bond donors (Lipinski definition) is 0. The van der Waals surface area contributed by atoms with Crippen LogP contribution >= 0.6 is 11.6 Å². The molecule has 0 spiro atoms. The van der Waals surface area contributed by atoms with Crippen molar-refractivity contribution in [1.29, 1.82) is 0 Å². The molecule has 0 atom stereocenters. The molecule has 1 nitrogen and oxygen atoms in total. The lowest BCUT2D eigenvalue weighted by molar-refractivity contribution is 0.876. The summed E-state index contributed by atoms with van der Waals surface area (Å²) in [5.41, 5.74) is 1.38. The maximum atomic E-state index is 6.15. The average Bonchev–Trinajstić information content (AvgIpc) is 2.38. The average molecular weight is 256 g/mol. The Hall–Kier alpha value is -1.60. The number of pyridine rings is 1. The second kappa shape index (κ2) is 4.25. The minimum atomic E-state index is 0.517. The van der Waals surface area contributed by atoms with Crippen LogP contribution in [0.2, 0.25) is 5.15 Å². The summed E-state index contributed by atoms with van der Waals surface area (Å²) in [4.78, 5) is 4.14. The van der Waals surface area contributed by atoms with E-state index in [4.69, 9.17) is 11.6 Å². The second-order valence-corrected chi connectivity index (χ2v) is 5.22. The third-order valence-electron chi connectivity index (χ3n) is 3.41. The van der Waals surface area contributed by atoms with E-state index in [1.807, 2.05) is 6.07 Å². The fourth-order valence-corrected chi connectivity index (χ4v) is 2.74. The van der Waals surface area contributed by atoms with Crippen LogP contribution in [0.3, 0.4) is 0 Å². The van der Waals surface area contributed by atoms with Crippen LogP contribution in [0.5, 0.6) is 0 Å². The van der Waals surface area contributed by atoms with Gasteiger partial charge in [0.15, 0.2) is 0 Å². The van der Waals surface area contributed by atoms with Crippen molar-refractivity contribution in [2.24, 2.45) is 0 Å². The molecule has 2 heteroatoms. The van der Waals surface area contributed by atoms with Gasteiger partial charge in [0.2, 0.25) is 0 Å². The molecule has 0 N–H and O–H groups in total. The summed E-state index contributed by atoms with van der Waals surface area (Å²) in [5, 5.41) is 5.33. The van der Waals surface area contributed by atoms with Gasteiger partial charge >= 0.3 is 0 Å². The highest BCUT2D eigenvalue weighted by Gasteiger charge is 2.08. The molecule has 0 radical (unpaired) electrons. The monoisotopic (exact) mass is 255 g/mol. The van der Waals surface area contributed by atoms with Gasteiger partial charge in [0.05, 0.1) is 0 Å². The van der Waals surface area contributed by atoms with E-state index in [9.17, 15) is 0 Å². The molecule has 1 aromatic heterocycles. The van der Waals surface area contributed by atoms with Gasteiger partial charge in [-0.25, -0.2) is 4.98 Å². The number of aromatic nitrogens is 1. The van der Waals surface area contributed by atoms with Gasteiger partial charge in [0.25, 0.3) is 0 Å². The van der Waals surface area contributed by atoms with Crippen molar-refractivity contribution in [3.8, 4) is 0 Å². The Bertz CT molecular complexity index is 732. The highest BCUT2D eigenvalue weighted by molar-refractivity contribution is 6.35. The van der Waals surface area contributed by atoms with Gasteiger partial charge in [-0.2, -0.15) is 0 Å². The van der Waals surface area contributed by atoms with Crippen molar-refractivity contribution in [2.45, 2.75) is 19.8 Å². The molecule has 0 aliphatic carbocycles. The van der Waals surface area contributed by atoms with E-state index in [1.165, 1.54) is 21.7 Å². The van der Waals surface area contributed by atoms with Crippen LogP contribution in [0.25, 0.3) is 21.5 Å². The molecule has 2 aromatic carbocycles. The second-order valence-electron chi connectivity index (χ2n) is 4.86. The molecule has 0 unspecified atom stereocenters. The number of rotatable bonds is 1. The Balaban J connectivity index is 2.49. The Morgan fingerprint density at radius 1 is 0.889 bits per heavy atom. The lowest BCUT2D eigenvalue weighted by atomic mass is 9.94. The fraction of sp³-hybridized carbons (Fsp3) is 0.188. The molecular weight excluding hydrogens is 242 g/mol. The highest BCUT2D eigenvalue weighted by atomic mass is 35.5. The minimum absolute atomic E-state index is 0.517. The van der Waals surface area contributed by atoms with Crippen LogP contribution in [-0.2, 0) is 0 Å². The van der Waals surface area contributed by atoms with Gasteiger partial charge < -0.3 is 0 Å². The van der Waals surface area contributed by atoms with E-state index < -0.39 is 0 Å². The van der Waals surface area contributed by atoms with Crippen LogP contribution in [0.15, 0.2) is 42.6 Å². The molecule has 0 saturated carbocycles. The van der Waals surface area contributed by atoms with Crippen molar-refractivity contribution in [1.82, 2.24) is 4.98 Å². The summed E-state index contributed by atoms with van der Waals surface area (Å²) in [6, 6.07) is 12.7. The SMILES string of the molecule is CC(C)c1cccc2c1ccc1c(Cl)nccc12. The third-order valence-corrected chi connectivity index (χ3v) is 3.71. The lowest BCUT2D eigenvalue weighted by Gasteiger charge is -2.12. The zero-order chi connectivity index (χ0) is 12.7. The molecule has 1 heterocycles. The quantitative estimate of drug-likeness (QED) is 0.432. The number of fused-ring (bicyclic) bond motifs is 3. The molecule has 18 heavy (non-hydrogen) atoms. The van der Waals surface area contributed by atoms with Crippen molar-refractivity contribution < 1.29 is 0 Å².